The molecule has 2 aromatic rings. The first kappa shape index (κ1) is 34.9. The first-order valence-corrected chi connectivity index (χ1v) is 17.3. The lowest BCUT2D eigenvalue weighted by atomic mass is 9.86. The van der Waals surface area contributed by atoms with Gasteiger partial charge >= 0.3 is 6.09 Å². The number of alkyl carbamates (subject to hydrolysis) is 1. The fourth-order valence-electron chi connectivity index (χ4n) is 6.07. The van der Waals surface area contributed by atoms with Crippen LogP contribution in [0.3, 0.4) is 0 Å². The van der Waals surface area contributed by atoms with Crippen molar-refractivity contribution in [1.82, 2.24) is 9.62 Å². The van der Waals surface area contributed by atoms with E-state index >= 15 is 0 Å². The number of benzene rings is 2. The first-order valence-electron chi connectivity index (χ1n) is 15.8. The molecule has 2 aromatic carbocycles. The maximum absolute atomic E-state index is 14.3. The van der Waals surface area contributed by atoms with Gasteiger partial charge in [0.1, 0.15) is 13.2 Å². The third-order valence-corrected chi connectivity index (χ3v) is 10.5. The largest absolute Gasteiger partial charge is 0.454 e. The van der Waals surface area contributed by atoms with Gasteiger partial charge in [-0.25, -0.2) is 13.2 Å². The molecule has 5 rings (SSSR count). The average molecular weight is 676 g/mol. The van der Waals surface area contributed by atoms with Gasteiger partial charge in [-0.05, 0) is 55.7 Å². The normalized spacial score (nSPS) is 22.2. The molecule has 258 valence electrons. The van der Waals surface area contributed by atoms with E-state index in [0.29, 0.717) is 30.9 Å². The number of aliphatic hydroxyl groups is 1. The van der Waals surface area contributed by atoms with Gasteiger partial charge in [-0.3, -0.25) is 0 Å². The van der Waals surface area contributed by atoms with Crippen LogP contribution in [0.5, 0.6) is 11.5 Å². The third-order valence-electron chi connectivity index (χ3n) is 8.70. The van der Waals surface area contributed by atoms with E-state index < -0.39 is 39.8 Å². The number of oxime groups is 1. The number of nitrogens with one attached hydrogen (secondary N) is 1. The Labute approximate surface area is 276 Å². The minimum atomic E-state index is -4.15. The summed E-state index contributed by atoms with van der Waals surface area (Å²) in [5.74, 6) is 0.729. The van der Waals surface area contributed by atoms with Gasteiger partial charge in [0.05, 0.1) is 41.9 Å². The monoisotopic (exact) mass is 675 g/mol. The summed E-state index contributed by atoms with van der Waals surface area (Å²) in [6.07, 6.45) is -0.747. The van der Waals surface area contributed by atoms with E-state index in [4.69, 9.17) is 28.5 Å². The number of nitrogens with zero attached hydrogens (tertiary/aromatic N) is 2. The maximum Gasteiger partial charge on any atom is 0.407 e. The molecule has 4 unspecified atom stereocenters. The Morgan fingerprint density at radius 1 is 1.15 bits per heavy atom. The number of hydrogen-bond acceptors (Lipinski definition) is 11. The average Bonchev–Trinajstić information content (AvgIpc) is 3.79. The summed E-state index contributed by atoms with van der Waals surface area (Å²) >= 11 is 0. The van der Waals surface area contributed by atoms with Crippen LogP contribution < -0.4 is 14.8 Å². The smallest absolute Gasteiger partial charge is 0.407 e. The zero-order valence-corrected chi connectivity index (χ0v) is 28.1. The number of ether oxygens (including phenoxy) is 5. The van der Waals surface area contributed by atoms with Gasteiger partial charge in [-0.1, -0.05) is 49.3 Å². The molecule has 0 radical (unpaired) electrons. The van der Waals surface area contributed by atoms with Crippen molar-refractivity contribution < 1.29 is 46.8 Å². The first-order chi connectivity index (χ1) is 22.4. The zero-order valence-electron chi connectivity index (χ0n) is 27.3. The highest BCUT2D eigenvalue weighted by molar-refractivity contribution is 7.89. The van der Waals surface area contributed by atoms with Crippen molar-refractivity contribution in [2.24, 2.45) is 16.5 Å². The number of hydrogen-bond donors (Lipinski definition) is 2. The molecular weight excluding hydrogens is 630 g/mol. The number of carbonyl (C=O) groups excluding carboxylic acids is 1. The molecule has 5 atom stereocenters. The van der Waals surface area contributed by atoms with Crippen LogP contribution in [0.15, 0.2) is 58.6 Å². The highest BCUT2D eigenvalue weighted by atomic mass is 32.2. The van der Waals surface area contributed by atoms with E-state index in [1.54, 1.807) is 6.07 Å². The van der Waals surface area contributed by atoms with E-state index in [1.165, 1.54) is 23.5 Å². The molecule has 0 spiro atoms. The summed E-state index contributed by atoms with van der Waals surface area (Å²) in [6, 6.07) is 12.9. The molecule has 2 N–H and O–H groups in total. The molecule has 2 saturated heterocycles. The van der Waals surface area contributed by atoms with Crippen LogP contribution in [0.2, 0.25) is 0 Å². The molecule has 0 aromatic heterocycles. The summed E-state index contributed by atoms with van der Waals surface area (Å²) in [5.41, 5.74) is 1.10. The molecule has 3 aliphatic heterocycles. The van der Waals surface area contributed by atoms with E-state index in [1.807, 2.05) is 51.1 Å². The van der Waals surface area contributed by atoms with Gasteiger partial charge in [-0.15, -0.1) is 0 Å². The van der Waals surface area contributed by atoms with Gasteiger partial charge in [0, 0.05) is 19.2 Å². The molecule has 0 bridgehead atoms. The van der Waals surface area contributed by atoms with Crippen LogP contribution in [-0.4, -0.2) is 94.4 Å². The topological polar surface area (TPSA) is 154 Å². The maximum atomic E-state index is 14.3. The van der Waals surface area contributed by atoms with Gasteiger partial charge < -0.3 is 38.9 Å². The fourth-order valence-corrected chi connectivity index (χ4v) is 7.73. The summed E-state index contributed by atoms with van der Waals surface area (Å²) in [4.78, 5) is 18.1. The summed E-state index contributed by atoms with van der Waals surface area (Å²) < 4.78 is 57.5. The van der Waals surface area contributed by atoms with Crippen molar-refractivity contribution in [3.05, 3.63) is 54.1 Å². The van der Waals surface area contributed by atoms with E-state index in [-0.39, 0.29) is 50.0 Å². The molecule has 47 heavy (non-hydrogen) atoms. The predicted octanol–water partition coefficient (Wildman–Crippen LogP) is 3.69. The van der Waals surface area contributed by atoms with Gasteiger partial charge in [0.15, 0.2) is 17.8 Å². The highest BCUT2D eigenvalue weighted by Crippen LogP contribution is 2.36. The summed E-state index contributed by atoms with van der Waals surface area (Å²) in [6.45, 7) is 6.31. The van der Waals surface area contributed by atoms with Crippen LogP contribution in [-0.2, 0) is 35.5 Å². The Kier molecular flexibility index (Phi) is 11.3. The van der Waals surface area contributed by atoms with E-state index in [0.717, 1.165) is 17.7 Å². The fraction of sp³-hybridized carbons (Fsp3) is 0.576. The van der Waals surface area contributed by atoms with Crippen molar-refractivity contribution in [3.8, 4) is 11.5 Å². The Morgan fingerprint density at radius 2 is 1.91 bits per heavy atom. The number of fused-ring (bicyclic) bond motifs is 2. The number of rotatable bonds is 15. The second-order valence-corrected chi connectivity index (χ2v) is 14.9. The van der Waals surface area contributed by atoms with Crippen LogP contribution in [0.1, 0.15) is 45.6 Å². The van der Waals surface area contributed by atoms with Crippen LogP contribution in [0.4, 0.5) is 4.79 Å². The minimum Gasteiger partial charge on any atom is -0.454 e. The third kappa shape index (κ3) is 8.93. The Morgan fingerprint density at radius 3 is 2.68 bits per heavy atom. The lowest BCUT2D eigenvalue weighted by Crippen LogP contribution is -2.52. The molecule has 3 heterocycles. The lowest BCUT2D eigenvalue weighted by Gasteiger charge is -2.35. The van der Waals surface area contributed by atoms with Crippen molar-refractivity contribution >= 4 is 21.8 Å². The quantitative estimate of drug-likeness (QED) is 0.211. The van der Waals surface area contributed by atoms with Crippen molar-refractivity contribution in [2.45, 2.75) is 75.9 Å². The minimum absolute atomic E-state index is 0.00101. The molecule has 3 aliphatic rings. The molecule has 1 amide bonds. The van der Waals surface area contributed by atoms with Crippen molar-refractivity contribution in [3.63, 3.8) is 0 Å². The van der Waals surface area contributed by atoms with Crippen LogP contribution in [0, 0.1) is 11.3 Å². The Hall–Kier alpha value is -3.43. The number of aliphatic hydroxyl groups excluding tert-OH is 1. The van der Waals surface area contributed by atoms with Crippen LogP contribution >= 0.6 is 0 Å². The molecule has 0 aliphatic carbocycles. The second kappa shape index (κ2) is 15.2. The SMILES string of the molecule is CON=C(C)CCC(C)(C)CN(CC(O)[C@H](Cc1ccccc1)NC(=O)OC1COC2OCCC12)S(=O)(=O)c1ccc2c(c1)OCO2. The molecule has 2 fully saturated rings. The number of carbonyl (C=O) groups is 1. The van der Waals surface area contributed by atoms with Crippen molar-refractivity contribution in [1.29, 1.82) is 0 Å². The summed E-state index contributed by atoms with van der Waals surface area (Å²) in [7, 11) is -2.68. The second-order valence-electron chi connectivity index (χ2n) is 13.0. The Balaban J connectivity index is 1.38. The van der Waals surface area contributed by atoms with E-state index in [2.05, 4.69) is 10.5 Å². The lowest BCUT2D eigenvalue weighted by molar-refractivity contribution is -0.0907. The highest BCUT2D eigenvalue weighted by Gasteiger charge is 2.44. The van der Waals surface area contributed by atoms with Gasteiger partial charge in [0.2, 0.25) is 16.8 Å². The molecule has 14 heteroatoms. The van der Waals surface area contributed by atoms with Gasteiger partial charge in [-0.2, -0.15) is 4.31 Å². The number of amides is 1. The summed E-state index contributed by atoms with van der Waals surface area (Å²) in [5, 5.41) is 18.6. The van der Waals surface area contributed by atoms with E-state index in [9.17, 15) is 18.3 Å². The Bertz CT molecular complexity index is 1500. The molecular formula is C33H45N3O10S. The molecule has 13 nitrogen and oxygen atoms in total. The molecule has 0 saturated carbocycles. The predicted molar refractivity (Wildman–Crippen MR) is 172 cm³/mol. The zero-order chi connectivity index (χ0) is 33.6. The van der Waals surface area contributed by atoms with Crippen LogP contribution in [0.25, 0.3) is 0 Å². The van der Waals surface area contributed by atoms with Gasteiger partial charge in [0.25, 0.3) is 0 Å². The number of sulfonamides is 1. The standard InChI is InChI=1S/C33H45N3O10S/c1-22(35-41-4)12-14-33(2,3)20-36(47(39,40)24-10-11-28-29(17-24)45-21-44-28)18-27(37)26(16-23-8-6-5-7-9-23)34-32(38)46-30-19-43-31-25(30)13-15-42-31/h5-11,17,25-27,30-31,37H,12-16,18-21H2,1-4H3,(H,34,38)/t25?,26-,27?,30?,31?/m0/s1. The van der Waals surface area contributed by atoms with Crippen molar-refractivity contribution in [2.75, 3.05) is 40.2 Å².